The molecule has 2 aromatic rings. The van der Waals surface area contributed by atoms with E-state index in [9.17, 15) is 9.59 Å². The summed E-state index contributed by atoms with van der Waals surface area (Å²) in [4.78, 5) is 34.2. The Morgan fingerprint density at radius 1 is 1.35 bits per heavy atom. The van der Waals surface area contributed by atoms with Crippen molar-refractivity contribution < 1.29 is 14.3 Å². The average molecular weight is 356 g/mol. The van der Waals surface area contributed by atoms with E-state index < -0.39 is 5.97 Å². The summed E-state index contributed by atoms with van der Waals surface area (Å²) in [5.74, 6) is -0.0220. The summed E-state index contributed by atoms with van der Waals surface area (Å²) in [6, 6.07) is 7.44. The van der Waals surface area contributed by atoms with Gasteiger partial charge >= 0.3 is 5.97 Å². The number of benzene rings is 1. The Morgan fingerprint density at radius 3 is 2.81 bits per heavy atom. The number of nitrogens with two attached hydrogens (primary N) is 1. The van der Waals surface area contributed by atoms with Gasteiger partial charge in [0, 0.05) is 17.8 Å². The number of H-pyrrole nitrogens is 1. The Bertz CT molecular complexity index is 815. The molecule has 1 amide bonds. The molecule has 0 fully saturated rings. The van der Waals surface area contributed by atoms with Crippen LogP contribution in [0.25, 0.3) is 0 Å². The van der Waals surface area contributed by atoms with Gasteiger partial charge in [-0.2, -0.15) is 0 Å². The van der Waals surface area contributed by atoms with E-state index in [1.165, 1.54) is 0 Å². The number of nitrogens with one attached hydrogen (secondary N) is 1. The van der Waals surface area contributed by atoms with Gasteiger partial charge in [0.15, 0.2) is 5.69 Å². The monoisotopic (exact) mass is 356 g/mol. The van der Waals surface area contributed by atoms with Crippen LogP contribution in [0.4, 0.5) is 5.69 Å². The molecule has 1 aliphatic heterocycles. The summed E-state index contributed by atoms with van der Waals surface area (Å²) in [6.45, 7) is 4.00. The van der Waals surface area contributed by atoms with Crippen molar-refractivity contribution in [2.24, 2.45) is 5.73 Å². The zero-order valence-electron chi connectivity index (χ0n) is 15.1. The fraction of sp³-hybridized carbons (Fsp3) is 0.421. The van der Waals surface area contributed by atoms with E-state index in [-0.39, 0.29) is 18.5 Å². The summed E-state index contributed by atoms with van der Waals surface area (Å²) < 4.78 is 5.13. The molecule has 7 heteroatoms. The number of hydrogen-bond donors (Lipinski definition) is 2. The number of aromatic nitrogens is 2. The van der Waals surface area contributed by atoms with Gasteiger partial charge < -0.3 is 20.4 Å². The molecular formula is C19H24N4O3. The number of fused-ring (bicyclic) bond motifs is 1. The molecule has 0 unspecified atom stereocenters. The van der Waals surface area contributed by atoms with Gasteiger partial charge in [-0.05, 0) is 25.0 Å². The first-order valence-electron chi connectivity index (χ1n) is 8.96. The number of anilines is 1. The molecule has 0 spiro atoms. The van der Waals surface area contributed by atoms with Crippen molar-refractivity contribution >= 4 is 17.6 Å². The number of nitrogens with zero attached hydrogens (tertiary/aromatic N) is 2. The number of aromatic amines is 1. The number of amides is 1. The zero-order valence-corrected chi connectivity index (χ0v) is 15.1. The largest absolute Gasteiger partial charge is 0.461 e. The number of carbonyl (C=O) groups is 2. The smallest absolute Gasteiger partial charge is 0.358 e. The van der Waals surface area contributed by atoms with Crippen molar-refractivity contribution in [3.8, 4) is 0 Å². The standard InChI is InChI=1S/C19H24N4O3/c1-3-7-13-17(19(25)26-4-2)22-18(21-13)15-10-12-8-5-6-9-14(12)23(15)16(24)11-20/h5-6,8-9,15H,3-4,7,10-11,20H2,1-2H3,(H,21,22)/t15-/m0/s1. The van der Waals surface area contributed by atoms with Crippen LogP contribution in [0.3, 0.4) is 0 Å². The predicted octanol–water partition coefficient (Wildman–Crippen LogP) is 2.13. The van der Waals surface area contributed by atoms with Crippen molar-refractivity contribution in [3.63, 3.8) is 0 Å². The van der Waals surface area contributed by atoms with E-state index in [2.05, 4.69) is 9.97 Å². The van der Waals surface area contributed by atoms with Crippen LogP contribution < -0.4 is 10.6 Å². The summed E-state index contributed by atoms with van der Waals surface area (Å²) in [6.07, 6.45) is 2.18. The molecule has 0 aliphatic carbocycles. The maximum absolute atomic E-state index is 12.5. The van der Waals surface area contributed by atoms with E-state index in [0.29, 0.717) is 31.0 Å². The van der Waals surface area contributed by atoms with Crippen LogP contribution in [-0.2, 0) is 22.4 Å². The second kappa shape index (κ2) is 7.70. The number of imidazole rings is 1. The molecule has 0 bridgehead atoms. The predicted molar refractivity (Wildman–Crippen MR) is 98.0 cm³/mol. The lowest BCUT2D eigenvalue weighted by Crippen LogP contribution is -2.37. The van der Waals surface area contributed by atoms with Crippen LogP contribution in [0.2, 0.25) is 0 Å². The minimum atomic E-state index is -0.439. The highest BCUT2D eigenvalue weighted by Crippen LogP contribution is 2.39. The highest BCUT2D eigenvalue weighted by Gasteiger charge is 2.36. The van der Waals surface area contributed by atoms with Gasteiger partial charge in [0.1, 0.15) is 5.82 Å². The third-order valence-corrected chi connectivity index (χ3v) is 4.50. The SMILES string of the molecule is CCCc1[nH]c([C@@H]2Cc3ccccc3N2C(=O)CN)nc1C(=O)OCC. The zero-order chi connectivity index (χ0) is 18.7. The fourth-order valence-corrected chi connectivity index (χ4v) is 3.40. The van der Waals surface area contributed by atoms with Crippen LogP contribution in [0.1, 0.15) is 53.9 Å². The van der Waals surface area contributed by atoms with Gasteiger partial charge in [-0.25, -0.2) is 9.78 Å². The normalized spacial score (nSPS) is 15.8. The second-order valence-corrected chi connectivity index (χ2v) is 6.24. The lowest BCUT2D eigenvalue weighted by molar-refractivity contribution is -0.117. The van der Waals surface area contributed by atoms with E-state index in [0.717, 1.165) is 23.4 Å². The van der Waals surface area contributed by atoms with Gasteiger partial charge in [-0.15, -0.1) is 0 Å². The number of ether oxygens (including phenoxy) is 1. The first kappa shape index (κ1) is 18.1. The molecule has 2 heterocycles. The number of hydrogen-bond acceptors (Lipinski definition) is 5. The van der Waals surface area contributed by atoms with E-state index in [1.54, 1.807) is 11.8 Å². The van der Waals surface area contributed by atoms with Crippen molar-refractivity contribution in [2.45, 2.75) is 39.2 Å². The maximum atomic E-state index is 12.5. The van der Waals surface area contributed by atoms with Crippen LogP contribution in [0.5, 0.6) is 0 Å². The third kappa shape index (κ3) is 3.22. The summed E-state index contributed by atoms with van der Waals surface area (Å²) in [5, 5.41) is 0. The van der Waals surface area contributed by atoms with Crippen molar-refractivity contribution in [3.05, 3.63) is 47.0 Å². The Kier molecular flexibility index (Phi) is 5.37. The Balaban J connectivity index is 2.01. The minimum absolute atomic E-state index is 0.0852. The van der Waals surface area contributed by atoms with Crippen LogP contribution >= 0.6 is 0 Å². The lowest BCUT2D eigenvalue weighted by Gasteiger charge is -2.23. The number of esters is 1. The molecular weight excluding hydrogens is 332 g/mol. The Labute approximate surface area is 152 Å². The highest BCUT2D eigenvalue weighted by molar-refractivity contribution is 5.97. The quantitative estimate of drug-likeness (QED) is 0.772. The number of para-hydroxylation sites is 1. The van der Waals surface area contributed by atoms with Gasteiger partial charge in [-0.3, -0.25) is 4.79 Å². The van der Waals surface area contributed by atoms with E-state index in [1.807, 2.05) is 31.2 Å². The molecule has 3 N–H and O–H groups in total. The van der Waals surface area contributed by atoms with Crippen LogP contribution in [0, 0.1) is 0 Å². The minimum Gasteiger partial charge on any atom is -0.461 e. The third-order valence-electron chi connectivity index (χ3n) is 4.50. The van der Waals surface area contributed by atoms with Crippen LogP contribution in [0.15, 0.2) is 24.3 Å². The Morgan fingerprint density at radius 2 is 2.12 bits per heavy atom. The van der Waals surface area contributed by atoms with Gasteiger partial charge in [0.2, 0.25) is 5.91 Å². The molecule has 0 radical (unpaired) electrons. The summed E-state index contributed by atoms with van der Waals surface area (Å²) >= 11 is 0. The molecule has 0 saturated carbocycles. The first-order valence-corrected chi connectivity index (χ1v) is 8.96. The topological polar surface area (TPSA) is 101 Å². The summed E-state index contributed by atoms with van der Waals surface area (Å²) in [5.41, 5.74) is 8.58. The van der Waals surface area contributed by atoms with E-state index in [4.69, 9.17) is 10.5 Å². The number of aryl methyl sites for hydroxylation is 1. The lowest BCUT2D eigenvalue weighted by atomic mass is 10.1. The fourth-order valence-electron chi connectivity index (χ4n) is 3.40. The van der Waals surface area contributed by atoms with E-state index >= 15 is 0 Å². The molecule has 26 heavy (non-hydrogen) atoms. The first-order chi connectivity index (χ1) is 12.6. The molecule has 7 nitrogen and oxygen atoms in total. The number of rotatable bonds is 6. The molecule has 3 rings (SSSR count). The van der Waals surface area contributed by atoms with Crippen LogP contribution in [-0.4, -0.2) is 35.0 Å². The maximum Gasteiger partial charge on any atom is 0.358 e. The molecule has 1 aromatic carbocycles. The average Bonchev–Trinajstić information content (AvgIpc) is 3.23. The van der Waals surface area contributed by atoms with Gasteiger partial charge in [0.25, 0.3) is 0 Å². The highest BCUT2D eigenvalue weighted by atomic mass is 16.5. The molecule has 1 aromatic heterocycles. The van der Waals surface area contributed by atoms with Gasteiger partial charge in [0.05, 0.1) is 19.2 Å². The summed E-state index contributed by atoms with van der Waals surface area (Å²) in [7, 11) is 0. The van der Waals surface area contributed by atoms with Crippen molar-refractivity contribution in [1.29, 1.82) is 0 Å². The van der Waals surface area contributed by atoms with Crippen molar-refractivity contribution in [2.75, 3.05) is 18.1 Å². The Hall–Kier alpha value is -2.67. The molecule has 0 saturated heterocycles. The molecule has 138 valence electrons. The van der Waals surface area contributed by atoms with Gasteiger partial charge in [-0.1, -0.05) is 31.5 Å². The molecule has 1 atom stereocenters. The van der Waals surface area contributed by atoms with Crippen molar-refractivity contribution in [1.82, 2.24) is 9.97 Å². The second-order valence-electron chi connectivity index (χ2n) is 6.24. The number of carbonyl (C=O) groups excluding carboxylic acids is 2. The molecule has 1 aliphatic rings.